The number of rotatable bonds is 5. The zero-order valence-corrected chi connectivity index (χ0v) is 10.7. The third-order valence-corrected chi connectivity index (χ3v) is 2.43. The molecule has 1 unspecified atom stereocenters. The Kier molecular flexibility index (Phi) is 4.76. The Bertz CT molecular complexity index is 381. The molecule has 88 valence electrons. The molecule has 0 aliphatic carbocycles. The van der Waals surface area contributed by atoms with Crippen LogP contribution >= 0.6 is 15.9 Å². The van der Waals surface area contributed by atoms with E-state index in [0.717, 1.165) is 10.2 Å². The van der Waals surface area contributed by atoms with E-state index in [2.05, 4.69) is 21.2 Å². The number of methoxy groups -OCH3 is 1. The van der Waals surface area contributed by atoms with E-state index >= 15 is 0 Å². The van der Waals surface area contributed by atoms with Gasteiger partial charge in [0.2, 0.25) is 0 Å². The van der Waals surface area contributed by atoms with Crippen molar-refractivity contribution in [3.63, 3.8) is 0 Å². The van der Waals surface area contributed by atoms with E-state index in [1.807, 2.05) is 13.0 Å². The molecule has 0 bridgehead atoms. The molecular weight excluding hydrogens is 274 g/mol. The second kappa shape index (κ2) is 5.86. The first-order valence-corrected chi connectivity index (χ1v) is 5.61. The van der Waals surface area contributed by atoms with Crippen LogP contribution in [0.3, 0.4) is 0 Å². The molecule has 0 aliphatic heterocycles. The van der Waals surface area contributed by atoms with Crippen LogP contribution in [-0.2, 0) is 4.74 Å². The Morgan fingerprint density at radius 2 is 2.25 bits per heavy atom. The predicted octanol–water partition coefficient (Wildman–Crippen LogP) is 2.59. The highest BCUT2D eigenvalue weighted by Crippen LogP contribution is 2.20. The molecule has 0 radical (unpaired) electrons. The zero-order chi connectivity index (χ0) is 12.1. The molecule has 0 fully saturated rings. The first kappa shape index (κ1) is 13.0. The highest BCUT2D eigenvalue weighted by atomic mass is 79.9. The van der Waals surface area contributed by atoms with Crippen LogP contribution < -0.4 is 5.32 Å². The van der Waals surface area contributed by atoms with Crippen LogP contribution in [0.1, 0.15) is 17.3 Å². The van der Waals surface area contributed by atoms with Crippen molar-refractivity contribution in [1.82, 2.24) is 0 Å². The summed E-state index contributed by atoms with van der Waals surface area (Å²) in [7, 11) is 1.63. The van der Waals surface area contributed by atoms with Crippen molar-refractivity contribution < 1.29 is 14.6 Å². The summed E-state index contributed by atoms with van der Waals surface area (Å²) in [4.78, 5) is 10.8. The maximum Gasteiger partial charge on any atom is 0.335 e. The summed E-state index contributed by atoms with van der Waals surface area (Å²) in [6, 6.07) is 5.12. The van der Waals surface area contributed by atoms with E-state index in [4.69, 9.17) is 9.84 Å². The quantitative estimate of drug-likeness (QED) is 0.874. The van der Waals surface area contributed by atoms with Gasteiger partial charge in [-0.3, -0.25) is 0 Å². The number of benzene rings is 1. The second-order valence-electron chi connectivity index (χ2n) is 3.53. The van der Waals surface area contributed by atoms with Gasteiger partial charge in [0.15, 0.2) is 0 Å². The molecule has 0 aliphatic rings. The Morgan fingerprint density at radius 1 is 1.56 bits per heavy atom. The smallest absolute Gasteiger partial charge is 0.335 e. The van der Waals surface area contributed by atoms with Gasteiger partial charge in [-0.25, -0.2) is 4.79 Å². The number of hydrogen-bond acceptors (Lipinski definition) is 3. The van der Waals surface area contributed by atoms with Crippen LogP contribution in [0.25, 0.3) is 0 Å². The number of aromatic carboxylic acids is 1. The summed E-state index contributed by atoms with van der Waals surface area (Å²) in [6.45, 7) is 2.53. The minimum Gasteiger partial charge on any atom is -0.478 e. The van der Waals surface area contributed by atoms with Crippen molar-refractivity contribution in [3.8, 4) is 0 Å². The van der Waals surface area contributed by atoms with Gasteiger partial charge in [0, 0.05) is 23.3 Å². The van der Waals surface area contributed by atoms with Crippen LogP contribution in [0.15, 0.2) is 22.7 Å². The van der Waals surface area contributed by atoms with Gasteiger partial charge in [-0.2, -0.15) is 0 Å². The molecule has 1 atom stereocenters. The Hall–Kier alpha value is -1.07. The lowest BCUT2D eigenvalue weighted by molar-refractivity contribution is 0.0697. The topological polar surface area (TPSA) is 58.6 Å². The van der Waals surface area contributed by atoms with Gasteiger partial charge in [0.1, 0.15) is 0 Å². The van der Waals surface area contributed by atoms with E-state index in [0.29, 0.717) is 6.61 Å². The fourth-order valence-electron chi connectivity index (χ4n) is 1.37. The molecule has 5 heteroatoms. The highest BCUT2D eigenvalue weighted by Gasteiger charge is 2.07. The SMILES string of the molecule is COCC(C)Nc1cc(Br)cc(C(=O)O)c1. The number of carboxylic acid groups (broad SMARTS) is 1. The van der Waals surface area contributed by atoms with E-state index in [9.17, 15) is 4.79 Å². The largest absolute Gasteiger partial charge is 0.478 e. The second-order valence-corrected chi connectivity index (χ2v) is 4.45. The fraction of sp³-hybridized carbons (Fsp3) is 0.364. The number of nitrogens with one attached hydrogen (secondary N) is 1. The summed E-state index contributed by atoms with van der Waals surface area (Å²) in [5.74, 6) is -0.941. The number of carbonyl (C=O) groups is 1. The first-order valence-electron chi connectivity index (χ1n) is 4.82. The number of hydrogen-bond donors (Lipinski definition) is 2. The average molecular weight is 288 g/mol. The minimum absolute atomic E-state index is 0.126. The van der Waals surface area contributed by atoms with Crippen molar-refractivity contribution in [1.29, 1.82) is 0 Å². The molecule has 0 saturated carbocycles. The number of carboxylic acids is 1. The lowest BCUT2D eigenvalue weighted by Gasteiger charge is -2.14. The van der Waals surface area contributed by atoms with Gasteiger partial charge in [-0.15, -0.1) is 0 Å². The van der Waals surface area contributed by atoms with Gasteiger partial charge in [-0.1, -0.05) is 15.9 Å². The molecule has 0 heterocycles. The van der Waals surface area contributed by atoms with Crippen molar-refractivity contribution in [2.24, 2.45) is 0 Å². The molecule has 0 saturated heterocycles. The lowest BCUT2D eigenvalue weighted by atomic mass is 10.2. The van der Waals surface area contributed by atoms with Crippen LogP contribution in [0.2, 0.25) is 0 Å². The Morgan fingerprint density at radius 3 is 2.81 bits per heavy atom. The van der Waals surface area contributed by atoms with Crippen LogP contribution in [0.4, 0.5) is 5.69 Å². The number of ether oxygens (including phenoxy) is 1. The highest BCUT2D eigenvalue weighted by molar-refractivity contribution is 9.10. The van der Waals surface area contributed by atoms with E-state index in [1.54, 1.807) is 19.2 Å². The molecule has 0 spiro atoms. The molecule has 2 N–H and O–H groups in total. The third-order valence-electron chi connectivity index (χ3n) is 1.97. The van der Waals surface area contributed by atoms with Gasteiger partial charge in [0.25, 0.3) is 0 Å². The van der Waals surface area contributed by atoms with Gasteiger partial charge in [0.05, 0.1) is 12.2 Å². The van der Waals surface area contributed by atoms with Crippen molar-refractivity contribution in [2.75, 3.05) is 19.0 Å². The molecule has 16 heavy (non-hydrogen) atoms. The maximum absolute atomic E-state index is 10.8. The van der Waals surface area contributed by atoms with E-state index < -0.39 is 5.97 Å². The molecule has 0 amide bonds. The summed E-state index contributed by atoms with van der Waals surface area (Å²) in [6.07, 6.45) is 0. The molecular formula is C11H14BrNO3. The van der Waals surface area contributed by atoms with E-state index in [-0.39, 0.29) is 11.6 Å². The maximum atomic E-state index is 10.8. The van der Waals surface area contributed by atoms with Crippen LogP contribution in [0.5, 0.6) is 0 Å². The molecule has 1 rings (SSSR count). The minimum atomic E-state index is -0.941. The average Bonchev–Trinajstić information content (AvgIpc) is 2.16. The molecule has 1 aromatic carbocycles. The van der Waals surface area contributed by atoms with Gasteiger partial charge >= 0.3 is 5.97 Å². The van der Waals surface area contributed by atoms with Crippen molar-refractivity contribution in [2.45, 2.75) is 13.0 Å². The monoisotopic (exact) mass is 287 g/mol. The number of anilines is 1. The lowest BCUT2D eigenvalue weighted by Crippen LogP contribution is -2.20. The summed E-state index contributed by atoms with van der Waals surface area (Å²) in [5, 5.41) is 12.1. The molecule has 4 nitrogen and oxygen atoms in total. The normalized spacial score (nSPS) is 12.2. The zero-order valence-electron chi connectivity index (χ0n) is 9.16. The Labute approximate surface area is 103 Å². The summed E-state index contributed by atoms with van der Waals surface area (Å²) in [5.41, 5.74) is 1.01. The summed E-state index contributed by atoms with van der Waals surface area (Å²) >= 11 is 3.28. The standard InChI is InChI=1S/C11H14BrNO3/c1-7(6-16-2)13-10-4-8(11(14)15)3-9(12)5-10/h3-5,7,13H,6H2,1-2H3,(H,14,15). The predicted molar refractivity (Wildman–Crippen MR) is 66.1 cm³/mol. The van der Waals surface area contributed by atoms with Crippen LogP contribution in [0, 0.1) is 0 Å². The van der Waals surface area contributed by atoms with Crippen molar-refractivity contribution in [3.05, 3.63) is 28.2 Å². The fourth-order valence-corrected chi connectivity index (χ4v) is 1.87. The van der Waals surface area contributed by atoms with Gasteiger partial charge in [-0.05, 0) is 25.1 Å². The van der Waals surface area contributed by atoms with Crippen molar-refractivity contribution >= 4 is 27.6 Å². The molecule has 0 aromatic heterocycles. The Balaban J connectivity index is 2.84. The first-order chi connectivity index (χ1) is 7.52. The molecule has 1 aromatic rings. The van der Waals surface area contributed by atoms with E-state index in [1.165, 1.54) is 0 Å². The third kappa shape index (κ3) is 3.83. The van der Waals surface area contributed by atoms with Gasteiger partial charge < -0.3 is 15.2 Å². The van der Waals surface area contributed by atoms with Crippen LogP contribution in [-0.4, -0.2) is 30.8 Å². The number of halogens is 1. The summed E-state index contributed by atoms with van der Waals surface area (Å²) < 4.78 is 5.73.